The molecule has 1 atom stereocenters. The lowest BCUT2D eigenvalue weighted by Gasteiger charge is -2.27. The molecule has 0 aromatic heterocycles. The average molecular weight is 281 g/mol. The number of Topliss-reactive ketones (excluding diaryl/α,β-unsaturated/α-hetero) is 1. The normalized spacial score (nSPS) is 19.8. The number of ketones is 1. The summed E-state index contributed by atoms with van der Waals surface area (Å²) >= 11 is 0. The second kappa shape index (κ2) is 4.99. The van der Waals surface area contributed by atoms with E-state index in [1.807, 2.05) is 52.5 Å². The zero-order valence-electron chi connectivity index (χ0n) is 13.1. The number of carbonyl (C=O) groups is 1. The molecule has 1 aromatic carbocycles. The van der Waals surface area contributed by atoms with E-state index in [4.69, 9.17) is 0 Å². The predicted octanol–water partition coefficient (Wildman–Crippen LogP) is 2.32. The monoisotopic (exact) mass is 281 g/mol. The Morgan fingerprint density at radius 2 is 2.00 bits per heavy atom. The van der Waals surface area contributed by atoms with Crippen LogP contribution in [-0.4, -0.2) is 44.3 Å². The largest absolute Gasteiger partial charge is 0.378 e. The van der Waals surface area contributed by atoms with Crippen LogP contribution in [0.5, 0.6) is 0 Å². The van der Waals surface area contributed by atoms with E-state index in [0.717, 1.165) is 28.9 Å². The molecule has 0 saturated heterocycles. The van der Waals surface area contributed by atoms with Gasteiger partial charge in [-0.1, -0.05) is 6.08 Å². The molecule has 0 heterocycles. The van der Waals surface area contributed by atoms with Crippen molar-refractivity contribution < 1.29 is 9.37 Å². The zero-order chi connectivity index (χ0) is 15.1. The highest BCUT2D eigenvalue weighted by atomic mass is 16.1. The van der Waals surface area contributed by atoms with Crippen molar-refractivity contribution in [3.05, 3.63) is 53.1 Å². The molecule has 0 saturated carbocycles. The third-order valence-electron chi connectivity index (χ3n) is 4.26. The number of hydrogen-bond acceptors (Lipinski definition) is 2. The Kier molecular flexibility index (Phi) is 3.28. The van der Waals surface area contributed by atoms with Gasteiger partial charge in [-0.3, -0.25) is 4.79 Å². The summed E-state index contributed by atoms with van der Waals surface area (Å²) in [6, 6.07) is 6.14. The van der Waals surface area contributed by atoms with E-state index in [1.165, 1.54) is 5.57 Å². The first-order chi connectivity index (χ1) is 9.97. The molecular formula is C18H21N2O+. The van der Waals surface area contributed by atoms with Gasteiger partial charge in [-0.15, -0.1) is 0 Å². The minimum Gasteiger partial charge on any atom is -0.378 e. The maximum Gasteiger partial charge on any atom is 0.199 e. The van der Waals surface area contributed by atoms with Gasteiger partial charge < -0.3 is 4.90 Å². The highest BCUT2D eigenvalue weighted by Gasteiger charge is 2.32. The summed E-state index contributed by atoms with van der Waals surface area (Å²) in [4.78, 5) is 14.8. The Hall–Kier alpha value is -2.16. The first-order valence-electron chi connectivity index (χ1n) is 7.25. The van der Waals surface area contributed by atoms with Gasteiger partial charge in [0.25, 0.3) is 0 Å². The highest BCUT2D eigenvalue weighted by Crippen LogP contribution is 2.34. The van der Waals surface area contributed by atoms with Gasteiger partial charge in [-0.05, 0) is 35.8 Å². The Morgan fingerprint density at radius 3 is 2.67 bits per heavy atom. The fraction of sp³-hybridized carbons (Fsp3) is 0.333. The summed E-state index contributed by atoms with van der Waals surface area (Å²) in [6.45, 7) is 0. The van der Waals surface area contributed by atoms with E-state index in [1.54, 1.807) is 0 Å². The summed E-state index contributed by atoms with van der Waals surface area (Å²) in [5.41, 5.74) is 5.52. The number of rotatable bonds is 1. The summed E-state index contributed by atoms with van der Waals surface area (Å²) < 4.78 is 2.08. The van der Waals surface area contributed by atoms with Crippen LogP contribution in [-0.2, 0) is 6.42 Å². The average Bonchev–Trinajstić information content (AvgIpc) is 2.46. The molecule has 3 nitrogen and oxygen atoms in total. The Morgan fingerprint density at radius 1 is 1.24 bits per heavy atom. The van der Waals surface area contributed by atoms with Crippen LogP contribution in [0, 0.1) is 5.92 Å². The van der Waals surface area contributed by atoms with Crippen LogP contribution in [0.25, 0.3) is 0 Å². The van der Waals surface area contributed by atoms with Crippen LogP contribution < -0.4 is 4.90 Å². The molecule has 0 aliphatic heterocycles. The van der Waals surface area contributed by atoms with E-state index in [9.17, 15) is 4.79 Å². The fourth-order valence-electron chi connectivity index (χ4n) is 2.97. The smallest absolute Gasteiger partial charge is 0.199 e. The third-order valence-corrected chi connectivity index (χ3v) is 4.26. The van der Waals surface area contributed by atoms with Crippen LogP contribution >= 0.6 is 0 Å². The number of nitrogens with zero attached hydrogens (tertiary/aromatic N) is 2. The molecule has 21 heavy (non-hydrogen) atoms. The van der Waals surface area contributed by atoms with Gasteiger partial charge in [0.05, 0.1) is 5.92 Å². The van der Waals surface area contributed by atoms with E-state index in [-0.39, 0.29) is 11.7 Å². The molecule has 0 N–H and O–H groups in total. The molecule has 0 bridgehead atoms. The van der Waals surface area contributed by atoms with Gasteiger partial charge in [0.2, 0.25) is 0 Å². The number of anilines is 1. The Labute approximate surface area is 125 Å². The van der Waals surface area contributed by atoms with Crippen molar-refractivity contribution in [2.24, 2.45) is 5.92 Å². The molecule has 108 valence electrons. The van der Waals surface area contributed by atoms with E-state index >= 15 is 0 Å². The van der Waals surface area contributed by atoms with Gasteiger partial charge in [-0.2, -0.15) is 0 Å². The Bertz CT molecular complexity index is 704. The Balaban J connectivity index is 2.07. The van der Waals surface area contributed by atoms with E-state index in [2.05, 4.69) is 21.6 Å². The molecule has 0 fully saturated rings. The summed E-state index contributed by atoms with van der Waals surface area (Å²) in [5, 5.41) is 0. The zero-order valence-corrected chi connectivity index (χ0v) is 13.1. The first-order valence-corrected chi connectivity index (χ1v) is 7.25. The molecule has 1 unspecified atom stereocenters. The quantitative estimate of drug-likeness (QED) is 0.738. The topological polar surface area (TPSA) is 23.3 Å². The molecule has 2 aliphatic rings. The second-order valence-electron chi connectivity index (χ2n) is 6.15. The van der Waals surface area contributed by atoms with Crippen molar-refractivity contribution in [1.82, 2.24) is 0 Å². The summed E-state index contributed by atoms with van der Waals surface area (Å²) in [7, 11) is 8.10. The van der Waals surface area contributed by atoms with Crippen LogP contribution in [0.15, 0.2) is 42.0 Å². The maximum atomic E-state index is 12.7. The number of allylic oxidation sites excluding steroid dienone is 4. The molecule has 1 aromatic rings. The summed E-state index contributed by atoms with van der Waals surface area (Å²) in [6.07, 6.45) is 7.10. The minimum absolute atomic E-state index is 0.0774. The van der Waals surface area contributed by atoms with Gasteiger partial charge in [0, 0.05) is 37.5 Å². The van der Waals surface area contributed by atoms with Crippen LogP contribution in [0.2, 0.25) is 0 Å². The van der Waals surface area contributed by atoms with Crippen molar-refractivity contribution in [2.45, 2.75) is 6.42 Å². The SMILES string of the molecule is CN(C)c1ccc2c(c1)CC1=CC(=[N+](C)C)C=CC1C2=O. The maximum absolute atomic E-state index is 12.7. The van der Waals surface area contributed by atoms with Crippen LogP contribution in [0.1, 0.15) is 15.9 Å². The number of carbonyl (C=O) groups excluding carboxylic acids is 1. The lowest BCUT2D eigenvalue weighted by molar-refractivity contribution is -0.462. The number of fused-ring (bicyclic) bond motifs is 2. The van der Waals surface area contributed by atoms with Crippen molar-refractivity contribution in [2.75, 3.05) is 33.1 Å². The van der Waals surface area contributed by atoms with Gasteiger partial charge >= 0.3 is 0 Å². The predicted molar refractivity (Wildman–Crippen MR) is 86.6 cm³/mol. The highest BCUT2D eigenvalue weighted by molar-refractivity contribution is 6.09. The molecule has 0 radical (unpaired) electrons. The standard InChI is InChI=1S/C18H21N2O/c1-19(2)14-5-7-16-12(10-14)9-13-11-15(20(3)4)6-8-17(13)18(16)21/h5-8,10-11,16H,9H2,1-4H3/q+1. The summed E-state index contributed by atoms with van der Waals surface area (Å²) in [5.74, 6) is 0.147. The molecule has 0 amide bonds. The fourth-order valence-corrected chi connectivity index (χ4v) is 2.97. The molecule has 3 heteroatoms. The van der Waals surface area contributed by atoms with Crippen molar-refractivity contribution in [3.63, 3.8) is 0 Å². The first kappa shape index (κ1) is 13.8. The number of hydrogen-bond donors (Lipinski definition) is 0. The third kappa shape index (κ3) is 2.33. The van der Waals surface area contributed by atoms with Crippen LogP contribution in [0.4, 0.5) is 5.69 Å². The number of benzene rings is 1. The van der Waals surface area contributed by atoms with E-state index < -0.39 is 0 Å². The van der Waals surface area contributed by atoms with Crippen molar-refractivity contribution in [1.29, 1.82) is 0 Å². The second-order valence-corrected chi connectivity index (χ2v) is 6.15. The molecular weight excluding hydrogens is 260 g/mol. The van der Waals surface area contributed by atoms with Gasteiger partial charge in [0.1, 0.15) is 14.1 Å². The minimum atomic E-state index is -0.0774. The van der Waals surface area contributed by atoms with Gasteiger partial charge in [0.15, 0.2) is 11.5 Å². The molecule has 0 spiro atoms. The van der Waals surface area contributed by atoms with Gasteiger partial charge in [-0.25, -0.2) is 4.58 Å². The lowest BCUT2D eigenvalue weighted by atomic mass is 9.76. The van der Waals surface area contributed by atoms with E-state index in [0.29, 0.717) is 0 Å². The van der Waals surface area contributed by atoms with Crippen LogP contribution in [0.3, 0.4) is 0 Å². The lowest BCUT2D eigenvalue weighted by Crippen LogP contribution is -2.27. The van der Waals surface area contributed by atoms with Crippen molar-refractivity contribution in [3.8, 4) is 0 Å². The molecule has 2 aliphatic carbocycles. The molecule has 3 rings (SSSR count). The van der Waals surface area contributed by atoms with Crippen molar-refractivity contribution >= 4 is 17.2 Å².